The summed E-state index contributed by atoms with van der Waals surface area (Å²) in [6.07, 6.45) is 1.73. The molecule has 1 fully saturated rings. The predicted octanol–water partition coefficient (Wildman–Crippen LogP) is 6.43. The molecule has 0 spiro atoms. The van der Waals surface area contributed by atoms with E-state index in [1.54, 1.807) is 60.7 Å². The van der Waals surface area contributed by atoms with Crippen LogP contribution in [0.25, 0.3) is 6.08 Å². The third-order valence-corrected chi connectivity index (χ3v) is 6.74. The predicted molar refractivity (Wildman–Crippen MR) is 134 cm³/mol. The molecule has 3 aromatic rings. The molecule has 1 amide bonds. The van der Waals surface area contributed by atoms with Gasteiger partial charge in [-0.3, -0.25) is 9.69 Å². The Morgan fingerprint density at radius 1 is 1.16 bits per heavy atom. The molecule has 32 heavy (non-hydrogen) atoms. The number of nitrogens with zero attached hydrogens (tertiary/aromatic N) is 1. The summed E-state index contributed by atoms with van der Waals surface area (Å²) in [6.45, 7) is 2.23. The van der Waals surface area contributed by atoms with Gasteiger partial charge in [0, 0.05) is 5.02 Å². The van der Waals surface area contributed by atoms with Crippen LogP contribution in [0.4, 0.5) is 5.69 Å². The lowest BCUT2D eigenvalue weighted by Crippen LogP contribution is -2.27. The van der Waals surface area contributed by atoms with Crippen molar-refractivity contribution in [1.82, 2.24) is 0 Å². The minimum atomic E-state index is -0.448. The van der Waals surface area contributed by atoms with Crippen molar-refractivity contribution in [3.8, 4) is 11.5 Å². The Labute approximate surface area is 203 Å². The quantitative estimate of drug-likeness (QED) is 0.168. The Bertz CT molecular complexity index is 1220. The molecule has 4 rings (SSSR count). The molecule has 2 heterocycles. The van der Waals surface area contributed by atoms with Gasteiger partial charge < -0.3 is 9.47 Å². The van der Waals surface area contributed by atoms with Crippen molar-refractivity contribution in [2.45, 2.75) is 6.92 Å². The Morgan fingerprint density at radius 3 is 2.72 bits per heavy atom. The first-order valence-electron chi connectivity index (χ1n) is 9.52. The van der Waals surface area contributed by atoms with Crippen LogP contribution in [0.1, 0.15) is 22.2 Å². The van der Waals surface area contributed by atoms with Gasteiger partial charge in [0.05, 0.1) is 17.2 Å². The third-order valence-electron chi connectivity index (χ3n) is 4.35. The minimum Gasteiger partial charge on any atom is -0.490 e. The van der Waals surface area contributed by atoms with Crippen LogP contribution < -0.4 is 14.4 Å². The van der Waals surface area contributed by atoms with E-state index in [0.717, 1.165) is 5.56 Å². The lowest BCUT2D eigenvalue weighted by molar-refractivity contribution is -0.113. The van der Waals surface area contributed by atoms with Gasteiger partial charge in [-0.25, -0.2) is 4.79 Å². The largest absolute Gasteiger partial charge is 0.490 e. The highest BCUT2D eigenvalue weighted by atomic mass is 35.5. The molecular formula is C23H16ClNO4S3. The van der Waals surface area contributed by atoms with Crippen LogP contribution in [-0.4, -0.2) is 22.8 Å². The van der Waals surface area contributed by atoms with E-state index < -0.39 is 5.97 Å². The number of rotatable bonds is 6. The highest BCUT2D eigenvalue weighted by Gasteiger charge is 2.33. The molecule has 0 aliphatic carbocycles. The summed E-state index contributed by atoms with van der Waals surface area (Å²) in [5, 5.41) is 2.33. The van der Waals surface area contributed by atoms with Gasteiger partial charge in [-0.2, -0.15) is 0 Å². The van der Waals surface area contributed by atoms with Crippen LogP contribution >= 0.6 is 46.9 Å². The first-order chi connectivity index (χ1) is 15.5. The van der Waals surface area contributed by atoms with Crippen molar-refractivity contribution in [2.24, 2.45) is 0 Å². The SMILES string of the molecule is CCOc1cc(/C=C2/SC(=S)N(c3cccc(Cl)c3)C2=O)ccc1OC(=O)c1cccs1. The molecule has 0 saturated carbocycles. The maximum absolute atomic E-state index is 13.0. The number of thiophene rings is 1. The van der Waals surface area contributed by atoms with Crippen LogP contribution in [0, 0.1) is 0 Å². The molecule has 162 valence electrons. The number of anilines is 1. The summed E-state index contributed by atoms with van der Waals surface area (Å²) < 4.78 is 11.6. The second-order valence-electron chi connectivity index (χ2n) is 6.50. The number of hydrogen-bond donors (Lipinski definition) is 0. The van der Waals surface area contributed by atoms with Gasteiger partial charge in [-0.15, -0.1) is 11.3 Å². The molecule has 0 N–H and O–H groups in total. The van der Waals surface area contributed by atoms with Crippen molar-refractivity contribution < 1.29 is 19.1 Å². The van der Waals surface area contributed by atoms with E-state index >= 15 is 0 Å². The first kappa shape index (κ1) is 22.5. The Kier molecular flexibility index (Phi) is 6.95. The van der Waals surface area contributed by atoms with Gasteiger partial charge in [0.15, 0.2) is 15.8 Å². The maximum Gasteiger partial charge on any atom is 0.353 e. The molecule has 5 nitrogen and oxygen atoms in total. The van der Waals surface area contributed by atoms with E-state index in [2.05, 4.69) is 0 Å². The van der Waals surface area contributed by atoms with Crippen LogP contribution in [0.15, 0.2) is 64.9 Å². The number of hydrogen-bond acceptors (Lipinski definition) is 7. The van der Waals surface area contributed by atoms with Crippen molar-refractivity contribution in [3.05, 3.63) is 80.3 Å². The zero-order chi connectivity index (χ0) is 22.7. The number of ether oxygens (including phenoxy) is 2. The fraction of sp³-hybridized carbons (Fsp3) is 0.0870. The average molecular weight is 502 g/mol. The number of amides is 1. The number of thioether (sulfide) groups is 1. The summed E-state index contributed by atoms with van der Waals surface area (Å²) >= 11 is 14.0. The summed E-state index contributed by atoms with van der Waals surface area (Å²) in [5.74, 6) is 0.0508. The lowest BCUT2D eigenvalue weighted by Gasteiger charge is -2.14. The fourth-order valence-electron chi connectivity index (χ4n) is 2.97. The molecule has 1 aliphatic heterocycles. The standard InChI is InChI=1S/C23H16ClNO4S3/c1-2-28-18-11-14(8-9-17(18)29-22(27)19-7-4-10-31-19)12-20-21(26)25(23(30)32-20)16-6-3-5-15(24)13-16/h3-13H,2H2,1H3/b20-12+. The molecular weight excluding hydrogens is 486 g/mol. The van der Waals surface area contributed by atoms with E-state index in [1.807, 2.05) is 12.3 Å². The van der Waals surface area contributed by atoms with Crippen molar-refractivity contribution in [3.63, 3.8) is 0 Å². The number of carbonyl (C=O) groups excluding carboxylic acids is 2. The van der Waals surface area contributed by atoms with Gasteiger partial charge in [-0.1, -0.05) is 53.8 Å². The molecule has 2 aromatic carbocycles. The van der Waals surface area contributed by atoms with Crippen LogP contribution in [0.5, 0.6) is 11.5 Å². The lowest BCUT2D eigenvalue weighted by atomic mass is 10.1. The van der Waals surface area contributed by atoms with Crippen LogP contribution in [0.2, 0.25) is 5.02 Å². The summed E-state index contributed by atoms with van der Waals surface area (Å²) in [4.78, 5) is 27.7. The molecule has 0 atom stereocenters. The molecule has 1 aromatic heterocycles. The molecule has 9 heteroatoms. The molecule has 0 unspecified atom stereocenters. The van der Waals surface area contributed by atoms with Gasteiger partial charge in [0.25, 0.3) is 5.91 Å². The smallest absolute Gasteiger partial charge is 0.353 e. The molecule has 0 bridgehead atoms. The fourth-order valence-corrected chi connectivity index (χ4v) is 5.05. The normalized spacial score (nSPS) is 14.8. The van der Waals surface area contributed by atoms with Gasteiger partial charge >= 0.3 is 5.97 Å². The summed E-state index contributed by atoms with van der Waals surface area (Å²) in [5.41, 5.74) is 1.34. The number of esters is 1. The number of carbonyl (C=O) groups is 2. The second kappa shape index (κ2) is 9.87. The minimum absolute atomic E-state index is 0.228. The van der Waals surface area contributed by atoms with E-state index in [1.165, 1.54) is 28.0 Å². The van der Waals surface area contributed by atoms with Gasteiger partial charge in [0.2, 0.25) is 0 Å². The van der Waals surface area contributed by atoms with Crippen LogP contribution in [0.3, 0.4) is 0 Å². The number of thiocarbonyl (C=S) groups is 1. The maximum atomic E-state index is 13.0. The first-order valence-corrected chi connectivity index (χ1v) is 12.0. The highest BCUT2D eigenvalue weighted by Crippen LogP contribution is 2.38. The number of benzene rings is 2. The van der Waals surface area contributed by atoms with E-state index in [4.69, 9.17) is 33.3 Å². The molecule has 1 saturated heterocycles. The van der Waals surface area contributed by atoms with Crippen molar-refractivity contribution in [2.75, 3.05) is 11.5 Å². The van der Waals surface area contributed by atoms with Gasteiger partial charge in [-0.05, 0) is 60.3 Å². The Hall–Kier alpha value is -2.65. The summed E-state index contributed by atoms with van der Waals surface area (Å²) in [6, 6.07) is 15.6. The van der Waals surface area contributed by atoms with Gasteiger partial charge in [0.1, 0.15) is 4.88 Å². The van der Waals surface area contributed by atoms with E-state index in [0.29, 0.717) is 42.9 Å². The van der Waals surface area contributed by atoms with E-state index in [9.17, 15) is 9.59 Å². The average Bonchev–Trinajstić information content (AvgIpc) is 3.39. The molecule has 1 aliphatic rings. The topological polar surface area (TPSA) is 55.8 Å². The van der Waals surface area contributed by atoms with Crippen molar-refractivity contribution >= 4 is 74.9 Å². The zero-order valence-electron chi connectivity index (χ0n) is 16.7. The monoisotopic (exact) mass is 501 g/mol. The third kappa shape index (κ3) is 4.88. The Morgan fingerprint density at radius 2 is 2.00 bits per heavy atom. The Balaban J connectivity index is 1.59. The number of halogens is 1. The van der Waals surface area contributed by atoms with Crippen LogP contribution in [-0.2, 0) is 4.79 Å². The summed E-state index contributed by atoms with van der Waals surface area (Å²) in [7, 11) is 0. The molecule has 0 radical (unpaired) electrons. The van der Waals surface area contributed by atoms with Crippen molar-refractivity contribution in [1.29, 1.82) is 0 Å². The van der Waals surface area contributed by atoms with E-state index in [-0.39, 0.29) is 5.91 Å². The zero-order valence-corrected chi connectivity index (χ0v) is 19.9. The highest BCUT2D eigenvalue weighted by molar-refractivity contribution is 8.27. The second-order valence-corrected chi connectivity index (χ2v) is 9.56.